The van der Waals surface area contributed by atoms with Crippen molar-refractivity contribution in [3.05, 3.63) is 40.8 Å². The molecule has 0 aromatic carbocycles. The predicted molar refractivity (Wildman–Crippen MR) is 117 cm³/mol. The molecule has 0 radical (unpaired) electrons. The number of hydrogen-bond acceptors (Lipinski definition) is 6. The van der Waals surface area contributed by atoms with Crippen molar-refractivity contribution in [3.8, 4) is 11.3 Å². The van der Waals surface area contributed by atoms with Gasteiger partial charge < -0.3 is 15.4 Å². The summed E-state index contributed by atoms with van der Waals surface area (Å²) in [6, 6.07) is 7.14. The summed E-state index contributed by atoms with van der Waals surface area (Å²) >= 11 is 0. The average Bonchev–Trinajstić information content (AvgIpc) is 3.36. The number of ether oxygens (including phenoxy) is 1. The molecule has 2 aliphatic heterocycles. The summed E-state index contributed by atoms with van der Waals surface area (Å²) in [6.07, 6.45) is 6.95. The Bertz CT molecular complexity index is 977. The monoisotopic (exact) mass is 445 g/mol. The number of rotatable bonds is 6. The molecule has 3 aliphatic rings. The number of halogens is 2. The van der Waals surface area contributed by atoms with E-state index in [9.17, 15) is 13.6 Å². The zero-order chi connectivity index (χ0) is 22.1. The quantitative estimate of drug-likeness (QED) is 0.710. The fraction of sp³-hybridized carbons (Fsp3) is 0.609. The number of aromatic nitrogens is 3. The second-order valence-electron chi connectivity index (χ2n) is 9.29. The van der Waals surface area contributed by atoms with Crippen LogP contribution in [-0.4, -0.2) is 46.6 Å². The van der Waals surface area contributed by atoms with E-state index >= 15 is 0 Å². The lowest BCUT2D eigenvalue weighted by Crippen LogP contribution is -2.33. The van der Waals surface area contributed by atoms with Crippen LogP contribution in [0.2, 0.25) is 0 Å². The van der Waals surface area contributed by atoms with Gasteiger partial charge in [0, 0.05) is 43.1 Å². The molecule has 172 valence electrons. The van der Waals surface area contributed by atoms with Crippen LogP contribution >= 0.6 is 0 Å². The summed E-state index contributed by atoms with van der Waals surface area (Å²) in [7, 11) is 0. The molecule has 1 aliphatic carbocycles. The van der Waals surface area contributed by atoms with E-state index < -0.39 is 12.1 Å². The minimum atomic E-state index is -2.89. The fourth-order valence-electron chi connectivity index (χ4n) is 5.64. The van der Waals surface area contributed by atoms with Gasteiger partial charge in [0.05, 0.1) is 5.69 Å². The molecule has 2 aromatic rings. The van der Waals surface area contributed by atoms with E-state index in [0.29, 0.717) is 45.6 Å². The van der Waals surface area contributed by atoms with Crippen LogP contribution in [0.5, 0.6) is 0 Å². The second kappa shape index (κ2) is 9.23. The lowest BCUT2D eigenvalue weighted by molar-refractivity contribution is 0.0593. The lowest BCUT2D eigenvalue weighted by Gasteiger charge is -2.27. The smallest absolute Gasteiger partial charge is 0.321 e. The minimum Gasteiger partial charge on any atom is -0.381 e. The molecule has 4 atom stereocenters. The molecule has 0 unspecified atom stereocenters. The zero-order valence-corrected chi connectivity index (χ0v) is 17.9. The Hall–Kier alpha value is -2.39. The van der Waals surface area contributed by atoms with Gasteiger partial charge in [0.25, 0.3) is 5.56 Å². The predicted octanol–water partition coefficient (Wildman–Crippen LogP) is 3.30. The number of alkyl halides is 2. The molecule has 7 nitrogen and oxygen atoms in total. The molecule has 2 aromatic heterocycles. The highest BCUT2D eigenvalue weighted by Gasteiger charge is 2.43. The molecule has 0 amide bonds. The standard InChI is InChI=1S/C23H29F2N5O2/c24-23(25)30-13-15(1-4-22(30)31)19-2-3-21(29-28-19)27-17-10-16-12-26-20(18(16)11-17)9-14-5-7-32-8-6-14/h1-4,13-14,16-18,20,23,26H,5-12H2,(H,27,29)/t16-,17+,18+,20+/m1/s1. The summed E-state index contributed by atoms with van der Waals surface area (Å²) < 4.78 is 31.9. The Kier molecular flexibility index (Phi) is 6.19. The Morgan fingerprint density at radius 1 is 1.16 bits per heavy atom. The molecule has 2 saturated heterocycles. The van der Waals surface area contributed by atoms with Crippen LogP contribution < -0.4 is 16.2 Å². The van der Waals surface area contributed by atoms with Crippen molar-refractivity contribution in [1.82, 2.24) is 20.1 Å². The molecule has 32 heavy (non-hydrogen) atoms. The van der Waals surface area contributed by atoms with E-state index in [4.69, 9.17) is 4.74 Å². The van der Waals surface area contributed by atoms with Gasteiger partial charge in [-0.2, -0.15) is 8.78 Å². The van der Waals surface area contributed by atoms with Gasteiger partial charge in [0.1, 0.15) is 5.82 Å². The Morgan fingerprint density at radius 2 is 2.00 bits per heavy atom. The number of anilines is 1. The molecule has 1 saturated carbocycles. The van der Waals surface area contributed by atoms with E-state index in [1.807, 2.05) is 6.07 Å². The van der Waals surface area contributed by atoms with Crippen LogP contribution in [-0.2, 0) is 4.74 Å². The molecular formula is C23H29F2N5O2. The first-order chi connectivity index (χ1) is 15.6. The first kappa shape index (κ1) is 21.5. The Balaban J connectivity index is 1.19. The lowest BCUT2D eigenvalue weighted by atomic mass is 9.85. The Morgan fingerprint density at radius 3 is 2.75 bits per heavy atom. The molecule has 9 heteroatoms. The van der Waals surface area contributed by atoms with E-state index in [0.717, 1.165) is 50.8 Å². The van der Waals surface area contributed by atoms with Crippen molar-refractivity contribution in [2.24, 2.45) is 17.8 Å². The van der Waals surface area contributed by atoms with E-state index in [2.05, 4.69) is 20.8 Å². The summed E-state index contributed by atoms with van der Waals surface area (Å²) in [4.78, 5) is 11.5. The summed E-state index contributed by atoms with van der Waals surface area (Å²) in [6.45, 7) is -0.00900. The molecule has 5 rings (SSSR count). The zero-order valence-electron chi connectivity index (χ0n) is 17.9. The van der Waals surface area contributed by atoms with E-state index in [-0.39, 0.29) is 0 Å². The van der Waals surface area contributed by atoms with Gasteiger partial charge >= 0.3 is 6.55 Å². The summed E-state index contributed by atoms with van der Waals surface area (Å²) in [5.41, 5.74) is 0.140. The first-order valence-corrected chi connectivity index (χ1v) is 11.5. The third-order valence-electron chi connectivity index (χ3n) is 7.30. The number of nitrogens with one attached hydrogen (secondary N) is 2. The highest BCUT2D eigenvalue weighted by molar-refractivity contribution is 5.58. The van der Waals surface area contributed by atoms with Crippen molar-refractivity contribution in [3.63, 3.8) is 0 Å². The molecule has 4 heterocycles. The largest absolute Gasteiger partial charge is 0.381 e. The van der Waals surface area contributed by atoms with Gasteiger partial charge in [-0.1, -0.05) is 0 Å². The van der Waals surface area contributed by atoms with Crippen LogP contribution in [0.15, 0.2) is 35.3 Å². The molecular weight excluding hydrogens is 416 g/mol. The maximum Gasteiger partial charge on any atom is 0.321 e. The average molecular weight is 446 g/mol. The SMILES string of the molecule is O=c1ccc(-c2ccc(N[C@H]3C[C@@H]4CN[C@@H](CC5CCOCC5)[C@H]4C3)nn2)cn1C(F)F. The molecule has 0 bridgehead atoms. The number of pyridine rings is 1. The van der Waals surface area contributed by atoms with Crippen LogP contribution in [0.4, 0.5) is 14.6 Å². The molecule has 0 spiro atoms. The van der Waals surface area contributed by atoms with Crippen LogP contribution in [0, 0.1) is 17.8 Å². The van der Waals surface area contributed by atoms with Crippen molar-refractivity contribution >= 4 is 5.82 Å². The van der Waals surface area contributed by atoms with Gasteiger partial charge in [-0.05, 0) is 74.6 Å². The summed E-state index contributed by atoms with van der Waals surface area (Å²) in [5, 5.41) is 15.7. The first-order valence-electron chi connectivity index (χ1n) is 11.5. The highest BCUT2D eigenvalue weighted by Crippen LogP contribution is 2.41. The van der Waals surface area contributed by atoms with Gasteiger partial charge in [-0.25, -0.2) is 0 Å². The number of hydrogen-bond donors (Lipinski definition) is 2. The van der Waals surface area contributed by atoms with Gasteiger partial charge in [-0.3, -0.25) is 9.36 Å². The van der Waals surface area contributed by atoms with Crippen molar-refractivity contribution in [1.29, 1.82) is 0 Å². The van der Waals surface area contributed by atoms with Gasteiger partial charge in [0.2, 0.25) is 0 Å². The van der Waals surface area contributed by atoms with Crippen LogP contribution in [0.1, 0.15) is 38.7 Å². The third kappa shape index (κ3) is 4.54. The topological polar surface area (TPSA) is 81.1 Å². The van der Waals surface area contributed by atoms with E-state index in [1.165, 1.54) is 25.3 Å². The second-order valence-corrected chi connectivity index (χ2v) is 9.29. The van der Waals surface area contributed by atoms with Gasteiger partial charge in [-0.15, -0.1) is 10.2 Å². The number of fused-ring (bicyclic) bond motifs is 1. The highest BCUT2D eigenvalue weighted by atomic mass is 19.3. The van der Waals surface area contributed by atoms with Crippen LogP contribution in [0.3, 0.4) is 0 Å². The normalized spacial score (nSPS) is 28.2. The maximum atomic E-state index is 13.0. The number of nitrogens with zero attached hydrogens (tertiary/aromatic N) is 3. The van der Waals surface area contributed by atoms with Crippen LogP contribution in [0.25, 0.3) is 11.3 Å². The van der Waals surface area contributed by atoms with E-state index in [1.54, 1.807) is 6.07 Å². The summed E-state index contributed by atoms with van der Waals surface area (Å²) in [5.74, 6) is 2.85. The van der Waals surface area contributed by atoms with Gasteiger partial charge in [0.15, 0.2) is 0 Å². The van der Waals surface area contributed by atoms with Crippen molar-refractivity contribution in [2.75, 3.05) is 25.1 Å². The third-order valence-corrected chi connectivity index (χ3v) is 7.30. The van der Waals surface area contributed by atoms with Crippen molar-refractivity contribution < 1.29 is 13.5 Å². The Labute approximate surface area is 185 Å². The fourth-order valence-corrected chi connectivity index (χ4v) is 5.64. The molecule has 2 N–H and O–H groups in total. The minimum absolute atomic E-state index is 0.366. The molecule has 3 fully saturated rings. The maximum absolute atomic E-state index is 13.0. The van der Waals surface area contributed by atoms with Crippen molar-refractivity contribution in [2.45, 2.75) is 50.7 Å².